The Kier molecular flexibility index (Phi) is 9.87. The smallest absolute Gasteiger partial charge is 0.447 e. The van der Waals surface area contributed by atoms with Crippen LogP contribution >= 0.6 is 0 Å². The zero-order valence-electron chi connectivity index (χ0n) is 21.8. The predicted molar refractivity (Wildman–Crippen MR) is 138 cm³/mol. The van der Waals surface area contributed by atoms with Gasteiger partial charge in [0, 0.05) is 38.0 Å². The number of piperidine rings is 1. The Balaban J connectivity index is 1.58. The largest absolute Gasteiger partial charge is 0.475 e. The number of benzene rings is 1. The van der Waals surface area contributed by atoms with Crippen molar-refractivity contribution < 1.29 is 33.2 Å². The van der Waals surface area contributed by atoms with E-state index >= 15 is 0 Å². The number of halogens is 2. The minimum Gasteiger partial charge on any atom is -0.447 e. The Morgan fingerprint density at radius 1 is 1.26 bits per heavy atom. The van der Waals surface area contributed by atoms with E-state index in [-0.39, 0.29) is 44.7 Å². The molecular weight excluding hydrogens is 497 g/mol. The number of likely N-dealkylation sites (tertiary alicyclic amines) is 2. The van der Waals surface area contributed by atoms with E-state index in [0.29, 0.717) is 19.4 Å². The molecule has 0 saturated carbocycles. The van der Waals surface area contributed by atoms with Gasteiger partial charge in [-0.15, -0.1) is 0 Å². The van der Waals surface area contributed by atoms with E-state index in [1.165, 1.54) is 11.0 Å². The topological polar surface area (TPSA) is 107 Å². The van der Waals surface area contributed by atoms with Crippen molar-refractivity contribution in [3.05, 3.63) is 59.1 Å². The standard InChI is InChI=1S/C26H35BF2N4O5/c1-25(2,32-14-11-26(28,29)12-15-32)17-21(30-3)23(34)33-13-7-10-20(33)18-38-24(35)31-22(27(36)37)16-19-8-5-4-6-9-19/h4-6,8-9,17,20,22,36-37H,7,10-16,18H2,1-2H3,(H,31,35)/t20-,22+/m1/s1. The van der Waals surface area contributed by atoms with E-state index in [4.69, 9.17) is 11.3 Å². The first kappa shape index (κ1) is 29.5. The highest BCUT2D eigenvalue weighted by Crippen LogP contribution is 2.32. The summed E-state index contributed by atoms with van der Waals surface area (Å²) in [5, 5.41) is 21.8. The van der Waals surface area contributed by atoms with Crippen LogP contribution in [0.1, 0.15) is 45.1 Å². The number of carbonyl (C=O) groups is 2. The van der Waals surface area contributed by atoms with Crippen LogP contribution in [0, 0.1) is 6.57 Å². The maximum absolute atomic E-state index is 13.6. The monoisotopic (exact) mass is 532 g/mol. The normalized spacial score (nSPS) is 20.9. The molecule has 0 bridgehead atoms. The summed E-state index contributed by atoms with van der Waals surface area (Å²) in [6.07, 6.45) is 1.59. The van der Waals surface area contributed by atoms with Gasteiger partial charge in [-0.1, -0.05) is 36.4 Å². The first-order valence-electron chi connectivity index (χ1n) is 12.8. The first-order valence-corrected chi connectivity index (χ1v) is 12.8. The fourth-order valence-electron chi connectivity index (χ4n) is 4.87. The maximum Gasteiger partial charge on any atom is 0.475 e. The van der Waals surface area contributed by atoms with Gasteiger partial charge in [-0.05, 0) is 38.7 Å². The number of hydrogen-bond acceptors (Lipinski definition) is 6. The summed E-state index contributed by atoms with van der Waals surface area (Å²) >= 11 is 0. The molecule has 2 aliphatic rings. The number of alkyl halides is 2. The number of ether oxygens (including phenoxy) is 1. The molecule has 1 aromatic carbocycles. The molecule has 0 aliphatic carbocycles. The molecule has 2 fully saturated rings. The lowest BCUT2D eigenvalue weighted by atomic mass is 9.76. The SMILES string of the molecule is [C-]#[N+]C(=CC(C)(C)N1CCC(F)(F)CC1)C(=O)N1CCC[C@@H]1COC(=O)N[C@@H](Cc1ccccc1)B(O)O. The summed E-state index contributed by atoms with van der Waals surface area (Å²) < 4.78 is 32.5. The molecule has 12 heteroatoms. The fourth-order valence-corrected chi connectivity index (χ4v) is 4.87. The molecule has 2 amide bonds. The average molecular weight is 532 g/mol. The van der Waals surface area contributed by atoms with Crippen molar-refractivity contribution in [3.8, 4) is 0 Å². The van der Waals surface area contributed by atoms with Crippen molar-refractivity contribution in [2.24, 2.45) is 0 Å². The molecule has 2 heterocycles. The summed E-state index contributed by atoms with van der Waals surface area (Å²) in [7, 11) is -1.80. The van der Waals surface area contributed by atoms with Crippen LogP contribution in [0.3, 0.4) is 0 Å². The van der Waals surface area contributed by atoms with Gasteiger partial charge < -0.3 is 25.0 Å². The molecule has 1 aromatic rings. The molecule has 9 nitrogen and oxygen atoms in total. The number of amides is 2. The maximum atomic E-state index is 13.6. The van der Waals surface area contributed by atoms with Crippen molar-refractivity contribution in [1.82, 2.24) is 15.1 Å². The number of rotatable bonds is 9. The minimum absolute atomic E-state index is 0.102. The molecule has 2 aliphatic heterocycles. The van der Waals surface area contributed by atoms with E-state index in [1.54, 1.807) is 38.1 Å². The van der Waals surface area contributed by atoms with E-state index in [2.05, 4.69) is 10.2 Å². The Labute approximate surface area is 222 Å². The second kappa shape index (κ2) is 12.7. The lowest BCUT2D eigenvalue weighted by Crippen LogP contribution is -2.50. The number of hydrogen-bond donors (Lipinski definition) is 3. The van der Waals surface area contributed by atoms with Crippen molar-refractivity contribution in [3.63, 3.8) is 0 Å². The third kappa shape index (κ3) is 8.00. The third-order valence-corrected chi connectivity index (χ3v) is 7.15. The summed E-state index contributed by atoms with van der Waals surface area (Å²) in [4.78, 5) is 32.4. The number of alkyl carbamates (subject to hydrolysis) is 1. The van der Waals surface area contributed by atoms with Crippen LogP contribution in [0.5, 0.6) is 0 Å². The number of nitrogens with zero attached hydrogens (tertiary/aromatic N) is 3. The van der Waals surface area contributed by atoms with Gasteiger partial charge in [0.15, 0.2) is 0 Å². The number of carbonyl (C=O) groups excluding carboxylic acids is 2. The average Bonchev–Trinajstić information content (AvgIpc) is 3.34. The zero-order chi connectivity index (χ0) is 27.9. The highest BCUT2D eigenvalue weighted by molar-refractivity contribution is 6.43. The zero-order valence-corrected chi connectivity index (χ0v) is 21.8. The van der Waals surface area contributed by atoms with Gasteiger partial charge in [0.05, 0.1) is 18.6 Å². The van der Waals surface area contributed by atoms with Crippen LogP contribution in [-0.4, -0.2) is 88.7 Å². The second-order valence-electron chi connectivity index (χ2n) is 10.4. The van der Waals surface area contributed by atoms with E-state index < -0.39 is 42.6 Å². The summed E-state index contributed by atoms with van der Waals surface area (Å²) in [6, 6.07) is 8.59. The Morgan fingerprint density at radius 2 is 1.92 bits per heavy atom. The highest BCUT2D eigenvalue weighted by atomic mass is 19.3. The Morgan fingerprint density at radius 3 is 2.53 bits per heavy atom. The van der Waals surface area contributed by atoms with Gasteiger partial charge in [-0.3, -0.25) is 9.69 Å². The van der Waals surface area contributed by atoms with Crippen LogP contribution < -0.4 is 5.32 Å². The molecule has 3 N–H and O–H groups in total. The molecule has 0 spiro atoms. The van der Waals surface area contributed by atoms with Crippen molar-refractivity contribution in [1.29, 1.82) is 0 Å². The van der Waals surface area contributed by atoms with Crippen LogP contribution in [-0.2, 0) is 16.0 Å². The van der Waals surface area contributed by atoms with E-state index in [0.717, 1.165) is 5.56 Å². The van der Waals surface area contributed by atoms with Gasteiger partial charge in [0.2, 0.25) is 5.70 Å². The lowest BCUT2D eigenvalue weighted by Gasteiger charge is -2.41. The second-order valence-corrected chi connectivity index (χ2v) is 10.4. The molecule has 2 saturated heterocycles. The molecule has 0 aromatic heterocycles. The van der Waals surface area contributed by atoms with Gasteiger partial charge in [0.1, 0.15) is 6.61 Å². The van der Waals surface area contributed by atoms with Crippen LogP contribution in [0.4, 0.5) is 13.6 Å². The predicted octanol–water partition coefficient (Wildman–Crippen LogP) is 2.64. The first-order chi connectivity index (χ1) is 17.9. The molecule has 38 heavy (non-hydrogen) atoms. The van der Waals surface area contributed by atoms with Crippen molar-refractivity contribution >= 4 is 19.1 Å². The van der Waals surface area contributed by atoms with Crippen LogP contribution in [0.25, 0.3) is 4.85 Å². The van der Waals surface area contributed by atoms with Crippen LogP contribution in [0.2, 0.25) is 0 Å². The fraction of sp³-hybridized carbons (Fsp3) is 0.577. The molecule has 3 rings (SSSR count). The summed E-state index contributed by atoms with van der Waals surface area (Å²) in [5.41, 5.74) is -0.0653. The molecular formula is C26H35BF2N4O5. The minimum atomic E-state index is -2.69. The number of nitrogens with one attached hydrogen (secondary N) is 1. The van der Waals surface area contributed by atoms with Crippen molar-refractivity contribution in [2.75, 3.05) is 26.2 Å². The van der Waals surface area contributed by atoms with E-state index in [9.17, 15) is 28.4 Å². The third-order valence-electron chi connectivity index (χ3n) is 7.15. The van der Waals surface area contributed by atoms with Crippen LogP contribution in [0.15, 0.2) is 42.1 Å². The lowest BCUT2D eigenvalue weighted by molar-refractivity contribution is -0.128. The molecule has 0 radical (unpaired) electrons. The summed E-state index contributed by atoms with van der Waals surface area (Å²) in [5.74, 6) is -4.17. The van der Waals surface area contributed by atoms with Gasteiger partial charge in [-0.2, -0.15) is 0 Å². The molecule has 206 valence electrons. The molecule has 0 unspecified atom stereocenters. The van der Waals surface area contributed by atoms with Crippen molar-refractivity contribution in [2.45, 2.75) is 69.4 Å². The highest BCUT2D eigenvalue weighted by Gasteiger charge is 2.39. The quantitative estimate of drug-likeness (QED) is 0.257. The van der Waals surface area contributed by atoms with Gasteiger partial charge in [0.25, 0.3) is 11.8 Å². The van der Waals surface area contributed by atoms with Gasteiger partial charge in [-0.25, -0.2) is 18.4 Å². The Hall–Kier alpha value is -3.01. The Bertz CT molecular complexity index is 1040. The summed E-state index contributed by atoms with van der Waals surface area (Å²) in [6.45, 7) is 11.8. The van der Waals surface area contributed by atoms with Gasteiger partial charge >= 0.3 is 13.2 Å². The molecule has 2 atom stereocenters. The van der Waals surface area contributed by atoms with E-state index in [1.807, 2.05) is 11.0 Å².